The number of hydrogen-bond donors (Lipinski definition) is 1. The maximum Gasteiger partial charge on any atom is 0.253 e. The van der Waals surface area contributed by atoms with E-state index >= 15 is 0 Å². The second-order valence-electron chi connectivity index (χ2n) is 9.24. The zero-order valence-electron chi connectivity index (χ0n) is 19.6. The van der Waals surface area contributed by atoms with E-state index in [9.17, 15) is 4.79 Å². The van der Waals surface area contributed by atoms with Crippen LogP contribution in [0.25, 0.3) is 0 Å². The van der Waals surface area contributed by atoms with Gasteiger partial charge in [-0.05, 0) is 42.2 Å². The van der Waals surface area contributed by atoms with Crippen LogP contribution in [0, 0.1) is 5.92 Å². The highest BCUT2D eigenvalue weighted by Gasteiger charge is 2.26. The van der Waals surface area contributed by atoms with E-state index in [1.165, 1.54) is 5.56 Å². The molecule has 1 unspecified atom stereocenters. The van der Waals surface area contributed by atoms with Gasteiger partial charge in [0.25, 0.3) is 5.91 Å². The Bertz CT molecular complexity index is 1150. The third-order valence-corrected chi connectivity index (χ3v) is 6.24. The van der Waals surface area contributed by atoms with E-state index in [0.29, 0.717) is 11.5 Å². The standard InChI is InChI=1S/C25H30N6O3/c1-17(2)12-20(27-25(32)19-4-3-8-26-14-19)24-29-28-23-7-9-30(10-11-31(23)24)15-18-5-6-21-22(13-18)34-16-33-21/h3-6,8,13-14,17,20H,7,9-12,15-16H2,1-2H3,(H,27,32). The highest BCUT2D eigenvalue weighted by Crippen LogP contribution is 2.33. The summed E-state index contributed by atoms with van der Waals surface area (Å²) in [6.07, 6.45) is 4.84. The van der Waals surface area contributed by atoms with Crippen LogP contribution in [0.5, 0.6) is 11.5 Å². The van der Waals surface area contributed by atoms with Gasteiger partial charge in [-0.3, -0.25) is 14.7 Å². The van der Waals surface area contributed by atoms with E-state index < -0.39 is 0 Å². The predicted octanol–water partition coefficient (Wildman–Crippen LogP) is 2.98. The molecule has 1 amide bonds. The van der Waals surface area contributed by atoms with Crippen molar-refractivity contribution < 1.29 is 14.3 Å². The molecular formula is C25H30N6O3. The Morgan fingerprint density at radius 3 is 2.82 bits per heavy atom. The summed E-state index contributed by atoms with van der Waals surface area (Å²) >= 11 is 0. The molecule has 0 saturated heterocycles. The fourth-order valence-electron chi connectivity index (χ4n) is 4.54. The SMILES string of the molecule is CC(C)CC(NC(=O)c1cccnc1)c1nnc2n1CCN(Cc1ccc3c(c1)OCO3)CC2. The molecule has 4 heterocycles. The molecule has 0 aliphatic carbocycles. The molecule has 0 saturated carbocycles. The molecule has 2 aliphatic rings. The summed E-state index contributed by atoms with van der Waals surface area (Å²) < 4.78 is 13.1. The van der Waals surface area contributed by atoms with Gasteiger partial charge < -0.3 is 19.4 Å². The lowest BCUT2D eigenvalue weighted by molar-refractivity contribution is 0.0928. The Morgan fingerprint density at radius 2 is 2.00 bits per heavy atom. The van der Waals surface area contributed by atoms with Crippen molar-refractivity contribution in [2.75, 3.05) is 19.9 Å². The first kappa shape index (κ1) is 22.3. The lowest BCUT2D eigenvalue weighted by atomic mass is 10.0. The number of amides is 1. The molecule has 0 fully saturated rings. The van der Waals surface area contributed by atoms with Gasteiger partial charge in [-0.2, -0.15) is 0 Å². The largest absolute Gasteiger partial charge is 0.454 e. The molecule has 9 nitrogen and oxygen atoms in total. The molecule has 1 aromatic carbocycles. The first-order valence-corrected chi connectivity index (χ1v) is 11.8. The quantitative estimate of drug-likeness (QED) is 0.577. The van der Waals surface area contributed by atoms with Crippen molar-refractivity contribution in [1.82, 2.24) is 30.0 Å². The second kappa shape index (κ2) is 9.80. The van der Waals surface area contributed by atoms with Crippen molar-refractivity contribution >= 4 is 5.91 Å². The zero-order valence-corrected chi connectivity index (χ0v) is 19.6. The minimum absolute atomic E-state index is 0.144. The van der Waals surface area contributed by atoms with Crippen LogP contribution >= 0.6 is 0 Å². The first-order valence-electron chi connectivity index (χ1n) is 11.8. The maximum absolute atomic E-state index is 12.9. The third kappa shape index (κ3) is 4.89. The molecule has 1 atom stereocenters. The average Bonchev–Trinajstić information content (AvgIpc) is 3.42. The van der Waals surface area contributed by atoms with E-state index in [2.05, 4.69) is 55.9 Å². The molecule has 34 heavy (non-hydrogen) atoms. The molecule has 0 bridgehead atoms. The Hall–Kier alpha value is -3.46. The average molecular weight is 463 g/mol. The molecule has 2 aromatic heterocycles. The van der Waals surface area contributed by atoms with E-state index in [0.717, 1.165) is 62.2 Å². The number of aromatic nitrogens is 4. The molecule has 2 aliphatic heterocycles. The van der Waals surface area contributed by atoms with Gasteiger partial charge in [0.2, 0.25) is 6.79 Å². The van der Waals surface area contributed by atoms with Gasteiger partial charge in [-0.25, -0.2) is 0 Å². The molecule has 0 spiro atoms. The topological polar surface area (TPSA) is 94.4 Å². The second-order valence-corrected chi connectivity index (χ2v) is 9.24. The number of hydrogen-bond acceptors (Lipinski definition) is 7. The third-order valence-electron chi connectivity index (χ3n) is 6.24. The van der Waals surface area contributed by atoms with Gasteiger partial charge in [-0.1, -0.05) is 19.9 Å². The molecule has 5 rings (SSSR count). The molecule has 1 N–H and O–H groups in total. The van der Waals surface area contributed by atoms with Gasteiger partial charge in [0.05, 0.1) is 11.6 Å². The van der Waals surface area contributed by atoms with E-state index in [4.69, 9.17) is 9.47 Å². The fraction of sp³-hybridized carbons (Fsp3) is 0.440. The summed E-state index contributed by atoms with van der Waals surface area (Å²) in [6, 6.07) is 9.46. The Kier molecular flexibility index (Phi) is 6.44. The summed E-state index contributed by atoms with van der Waals surface area (Å²) in [5.74, 6) is 3.65. The highest BCUT2D eigenvalue weighted by atomic mass is 16.7. The van der Waals surface area contributed by atoms with Crippen LogP contribution in [0.15, 0.2) is 42.7 Å². The Morgan fingerprint density at radius 1 is 1.12 bits per heavy atom. The number of fused-ring (bicyclic) bond motifs is 2. The fourth-order valence-corrected chi connectivity index (χ4v) is 4.54. The van der Waals surface area contributed by atoms with Crippen LogP contribution in [0.4, 0.5) is 0 Å². The Balaban J connectivity index is 1.30. The monoisotopic (exact) mass is 462 g/mol. The molecular weight excluding hydrogens is 432 g/mol. The number of rotatable bonds is 7. The number of nitrogens with zero attached hydrogens (tertiary/aromatic N) is 5. The first-order chi connectivity index (χ1) is 16.6. The van der Waals surface area contributed by atoms with Crippen LogP contribution in [-0.2, 0) is 19.5 Å². The lowest BCUT2D eigenvalue weighted by Gasteiger charge is -2.22. The van der Waals surface area contributed by atoms with Crippen molar-refractivity contribution in [3.05, 3.63) is 65.5 Å². The van der Waals surface area contributed by atoms with Crippen molar-refractivity contribution in [2.45, 2.75) is 45.8 Å². The van der Waals surface area contributed by atoms with E-state index in [-0.39, 0.29) is 18.7 Å². The van der Waals surface area contributed by atoms with Gasteiger partial charge in [0.1, 0.15) is 5.82 Å². The van der Waals surface area contributed by atoms with Crippen LogP contribution in [0.3, 0.4) is 0 Å². The van der Waals surface area contributed by atoms with Gasteiger partial charge >= 0.3 is 0 Å². The van der Waals surface area contributed by atoms with Crippen LogP contribution in [0.1, 0.15) is 53.9 Å². The lowest BCUT2D eigenvalue weighted by Crippen LogP contribution is -2.32. The smallest absolute Gasteiger partial charge is 0.253 e. The summed E-state index contributed by atoms with van der Waals surface area (Å²) in [5.41, 5.74) is 1.74. The number of pyridine rings is 1. The normalized spacial score (nSPS) is 16.2. The molecule has 0 radical (unpaired) electrons. The van der Waals surface area contributed by atoms with Crippen LogP contribution in [0.2, 0.25) is 0 Å². The Labute approximate surface area is 199 Å². The summed E-state index contributed by atoms with van der Waals surface area (Å²) in [7, 11) is 0. The highest BCUT2D eigenvalue weighted by molar-refractivity contribution is 5.94. The molecule has 178 valence electrons. The van der Waals surface area contributed by atoms with E-state index in [1.54, 1.807) is 24.5 Å². The van der Waals surface area contributed by atoms with Gasteiger partial charge in [0, 0.05) is 45.0 Å². The number of nitrogens with one attached hydrogen (secondary N) is 1. The molecule has 9 heteroatoms. The van der Waals surface area contributed by atoms with Crippen molar-refractivity contribution in [3.63, 3.8) is 0 Å². The van der Waals surface area contributed by atoms with Gasteiger partial charge in [0.15, 0.2) is 17.3 Å². The van der Waals surface area contributed by atoms with Gasteiger partial charge in [-0.15, -0.1) is 10.2 Å². The van der Waals surface area contributed by atoms with Crippen LogP contribution < -0.4 is 14.8 Å². The summed E-state index contributed by atoms with van der Waals surface area (Å²) in [4.78, 5) is 19.4. The summed E-state index contributed by atoms with van der Waals surface area (Å²) in [5, 5.41) is 12.2. The van der Waals surface area contributed by atoms with Crippen molar-refractivity contribution in [3.8, 4) is 11.5 Å². The van der Waals surface area contributed by atoms with Crippen LogP contribution in [-0.4, -0.2) is 50.4 Å². The number of benzene rings is 1. The molecule has 3 aromatic rings. The minimum Gasteiger partial charge on any atom is -0.454 e. The van der Waals surface area contributed by atoms with Crippen molar-refractivity contribution in [2.24, 2.45) is 5.92 Å². The summed E-state index contributed by atoms with van der Waals surface area (Å²) in [6.45, 7) is 7.96. The maximum atomic E-state index is 12.9. The number of ether oxygens (including phenoxy) is 2. The zero-order chi connectivity index (χ0) is 23.5. The minimum atomic E-state index is -0.214. The predicted molar refractivity (Wildman–Crippen MR) is 125 cm³/mol. The van der Waals surface area contributed by atoms with E-state index in [1.807, 2.05) is 6.07 Å². The number of carbonyl (C=O) groups is 1. The van der Waals surface area contributed by atoms with Crippen molar-refractivity contribution in [1.29, 1.82) is 0 Å². The number of carbonyl (C=O) groups excluding carboxylic acids is 1.